The molecule has 1 fully saturated rings. The van der Waals surface area contributed by atoms with Gasteiger partial charge in [0, 0.05) is 6.54 Å². The predicted octanol–water partition coefficient (Wildman–Crippen LogP) is 0.158. The molecule has 1 aliphatic rings. The summed E-state index contributed by atoms with van der Waals surface area (Å²) >= 11 is 0. The monoisotopic (exact) mass is 293 g/mol. The van der Waals surface area contributed by atoms with Gasteiger partial charge in [0.2, 0.25) is 17.6 Å². The molecule has 0 aromatic carbocycles. The Balaban J connectivity index is 2.37. The second-order valence-corrected chi connectivity index (χ2v) is 4.72. The Hall–Kier alpha value is -2.38. The summed E-state index contributed by atoms with van der Waals surface area (Å²) in [6.45, 7) is 4.54. The average molecular weight is 293 g/mol. The van der Waals surface area contributed by atoms with E-state index in [-0.39, 0.29) is 18.4 Å². The third-order valence-corrected chi connectivity index (χ3v) is 3.23. The van der Waals surface area contributed by atoms with Crippen molar-refractivity contribution in [1.29, 1.82) is 0 Å². The first-order chi connectivity index (χ1) is 10.1. The fourth-order valence-electron chi connectivity index (χ4n) is 2.10. The maximum atomic E-state index is 11.8. The summed E-state index contributed by atoms with van der Waals surface area (Å²) in [7, 11) is 1.51. The van der Waals surface area contributed by atoms with Crippen LogP contribution in [0.15, 0.2) is 6.33 Å². The number of carbonyl (C=O) groups is 2. The van der Waals surface area contributed by atoms with Gasteiger partial charge in [-0.3, -0.25) is 14.9 Å². The molecule has 0 spiro atoms. The highest BCUT2D eigenvalue weighted by Gasteiger charge is 2.33. The molecule has 2 heterocycles. The van der Waals surface area contributed by atoms with Crippen LogP contribution in [0.3, 0.4) is 0 Å². The van der Waals surface area contributed by atoms with Gasteiger partial charge in [-0.1, -0.05) is 6.92 Å². The van der Waals surface area contributed by atoms with Gasteiger partial charge in [-0.2, -0.15) is 0 Å². The van der Waals surface area contributed by atoms with Gasteiger partial charge in [-0.05, 0) is 13.3 Å². The van der Waals surface area contributed by atoms with Gasteiger partial charge in [0.1, 0.15) is 12.4 Å². The molecule has 1 unspecified atom stereocenters. The molecule has 2 rings (SSSR count). The number of piperazine rings is 1. The zero-order valence-electron chi connectivity index (χ0n) is 12.3. The molecule has 21 heavy (non-hydrogen) atoms. The van der Waals surface area contributed by atoms with Gasteiger partial charge in [0.25, 0.3) is 0 Å². The van der Waals surface area contributed by atoms with Crippen LogP contribution in [0, 0.1) is 0 Å². The maximum absolute atomic E-state index is 11.8. The van der Waals surface area contributed by atoms with Gasteiger partial charge in [-0.25, -0.2) is 9.97 Å². The lowest BCUT2D eigenvalue weighted by Crippen LogP contribution is -2.57. The van der Waals surface area contributed by atoms with E-state index < -0.39 is 6.04 Å². The van der Waals surface area contributed by atoms with Gasteiger partial charge >= 0.3 is 0 Å². The fourth-order valence-corrected chi connectivity index (χ4v) is 2.10. The smallest absolute Gasteiger partial charge is 0.249 e. The molecule has 0 aliphatic carbocycles. The minimum absolute atomic E-state index is 0.0491. The molecule has 1 aromatic heterocycles. The molecule has 0 radical (unpaired) electrons. The number of ether oxygens (including phenoxy) is 1. The summed E-state index contributed by atoms with van der Waals surface area (Å²) in [5, 5.41) is 5.44. The Morgan fingerprint density at radius 3 is 2.90 bits per heavy atom. The lowest BCUT2D eigenvalue weighted by Gasteiger charge is -2.33. The minimum Gasteiger partial charge on any atom is -0.490 e. The Kier molecular flexibility index (Phi) is 4.56. The Labute approximate surface area is 122 Å². The van der Waals surface area contributed by atoms with Crippen molar-refractivity contribution in [2.24, 2.45) is 0 Å². The number of anilines is 2. The summed E-state index contributed by atoms with van der Waals surface area (Å²) in [6.07, 6.45) is 2.32. The Bertz CT molecular complexity index is 549. The van der Waals surface area contributed by atoms with Gasteiger partial charge in [0.15, 0.2) is 11.6 Å². The molecular formula is C13H19N5O3. The molecule has 2 amide bonds. The van der Waals surface area contributed by atoms with Crippen molar-refractivity contribution < 1.29 is 14.3 Å². The third kappa shape index (κ3) is 3.04. The van der Waals surface area contributed by atoms with Crippen LogP contribution in [0.2, 0.25) is 0 Å². The quantitative estimate of drug-likeness (QED) is 0.746. The van der Waals surface area contributed by atoms with E-state index in [2.05, 4.69) is 20.6 Å². The van der Waals surface area contributed by atoms with Gasteiger partial charge < -0.3 is 15.0 Å². The standard InChI is InChI=1S/C13H19N5O3/c1-4-5-14-11-10(21-3)12(16-7-15-11)18-6-9(19)17-13(20)8(18)2/h7-8H,4-6H2,1-3H3,(H,14,15,16)(H,17,19,20). The number of hydrogen-bond acceptors (Lipinski definition) is 7. The highest BCUT2D eigenvalue weighted by molar-refractivity contribution is 6.04. The SMILES string of the molecule is CCCNc1ncnc(N2CC(=O)NC(=O)C2C)c1OC. The first-order valence-corrected chi connectivity index (χ1v) is 6.81. The van der Waals surface area contributed by atoms with E-state index in [4.69, 9.17) is 4.74 Å². The van der Waals surface area contributed by atoms with Crippen LogP contribution in [0.25, 0.3) is 0 Å². The molecule has 1 aliphatic heterocycles. The van der Waals surface area contributed by atoms with Crippen molar-refractivity contribution in [3.05, 3.63) is 6.33 Å². The van der Waals surface area contributed by atoms with Crippen molar-refractivity contribution in [2.75, 3.05) is 30.4 Å². The Morgan fingerprint density at radius 2 is 2.24 bits per heavy atom. The number of imide groups is 1. The summed E-state index contributed by atoms with van der Waals surface area (Å²) in [4.78, 5) is 33.3. The second-order valence-electron chi connectivity index (χ2n) is 4.72. The number of carbonyl (C=O) groups excluding carboxylic acids is 2. The average Bonchev–Trinajstić information content (AvgIpc) is 2.48. The predicted molar refractivity (Wildman–Crippen MR) is 77.3 cm³/mol. The molecule has 1 saturated heterocycles. The van der Waals surface area contributed by atoms with E-state index in [1.807, 2.05) is 6.92 Å². The lowest BCUT2D eigenvalue weighted by molar-refractivity contribution is -0.132. The van der Waals surface area contributed by atoms with Gasteiger partial charge in [0.05, 0.1) is 13.7 Å². The lowest BCUT2D eigenvalue weighted by atomic mass is 10.2. The fraction of sp³-hybridized carbons (Fsp3) is 0.538. The number of nitrogens with zero attached hydrogens (tertiary/aromatic N) is 3. The van der Waals surface area contributed by atoms with Crippen molar-refractivity contribution >= 4 is 23.5 Å². The van der Waals surface area contributed by atoms with E-state index in [0.717, 1.165) is 13.0 Å². The molecular weight excluding hydrogens is 274 g/mol. The van der Waals surface area contributed by atoms with Crippen molar-refractivity contribution in [1.82, 2.24) is 15.3 Å². The number of amides is 2. The minimum atomic E-state index is -0.509. The van der Waals surface area contributed by atoms with Crippen molar-refractivity contribution in [2.45, 2.75) is 26.3 Å². The van der Waals surface area contributed by atoms with E-state index in [0.29, 0.717) is 17.4 Å². The van der Waals surface area contributed by atoms with E-state index >= 15 is 0 Å². The summed E-state index contributed by atoms with van der Waals surface area (Å²) < 4.78 is 5.37. The molecule has 114 valence electrons. The zero-order chi connectivity index (χ0) is 15.4. The van der Waals surface area contributed by atoms with Crippen LogP contribution in [-0.4, -0.2) is 48.0 Å². The van der Waals surface area contributed by atoms with Gasteiger partial charge in [-0.15, -0.1) is 0 Å². The number of rotatable bonds is 5. The molecule has 0 bridgehead atoms. The van der Waals surface area contributed by atoms with Crippen LogP contribution < -0.4 is 20.3 Å². The third-order valence-electron chi connectivity index (χ3n) is 3.23. The van der Waals surface area contributed by atoms with E-state index in [1.54, 1.807) is 11.8 Å². The Morgan fingerprint density at radius 1 is 1.48 bits per heavy atom. The molecule has 0 saturated carbocycles. The van der Waals surface area contributed by atoms with Crippen molar-refractivity contribution in [3.63, 3.8) is 0 Å². The summed E-state index contributed by atoms with van der Waals surface area (Å²) in [5.41, 5.74) is 0. The molecule has 1 atom stereocenters. The first kappa shape index (κ1) is 15.0. The molecule has 8 heteroatoms. The molecule has 1 aromatic rings. The van der Waals surface area contributed by atoms with Crippen LogP contribution >= 0.6 is 0 Å². The summed E-state index contributed by atoms with van der Waals surface area (Å²) in [5.74, 6) is 0.703. The summed E-state index contributed by atoms with van der Waals surface area (Å²) in [6, 6.07) is -0.509. The normalized spacial score (nSPS) is 18.4. The van der Waals surface area contributed by atoms with Crippen LogP contribution in [-0.2, 0) is 9.59 Å². The highest BCUT2D eigenvalue weighted by Crippen LogP contribution is 2.33. The van der Waals surface area contributed by atoms with Crippen molar-refractivity contribution in [3.8, 4) is 5.75 Å². The largest absolute Gasteiger partial charge is 0.490 e. The molecule has 8 nitrogen and oxygen atoms in total. The zero-order valence-corrected chi connectivity index (χ0v) is 12.3. The number of nitrogens with one attached hydrogen (secondary N) is 2. The van der Waals surface area contributed by atoms with E-state index in [1.165, 1.54) is 13.4 Å². The van der Waals surface area contributed by atoms with Crippen LogP contribution in [0.1, 0.15) is 20.3 Å². The molecule has 2 N–H and O–H groups in total. The topological polar surface area (TPSA) is 96.5 Å². The first-order valence-electron chi connectivity index (χ1n) is 6.81. The highest BCUT2D eigenvalue weighted by atomic mass is 16.5. The number of hydrogen-bond donors (Lipinski definition) is 2. The maximum Gasteiger partial charge on any atom is 0.249 e. The number of methoxy groups -OCH3 is 1. The number of aromatic nitrogens is 2. The van der Waals surface area contributed by atoms with E-state index in [9.17, 15) is 9.59 Å². The van der Waals surface area contributed by atoms with Crippen LogP contribution in [0.5, 0.6) is 5.75 Å². The second kappa shape index (κ2) is 6.38. The van der Waals surface area contributed by atoms with Crippen LogP contribution in [0.4, 0.5) is 11.6 Å².